The van der Waals surface area contributed by atoms with Gasteiger partial charge in [-0.15, -0.1) is 0 Å². The highest BCUT2D eigenvalue weighted by Crippen LogP contribution is 2.06. The fourth-order valence-corrected chi connectivity index (χ4v) is 1.12. The molecule has 0 aliphatic carbocycles. The Balaban J connectivity index is 0. The molecule has 0 aliphatic rings. The SMILES string of the molecule is CC(C)=O.CCCC.Cc1ccc(C(=O)NC(C)(C)C)cc1. The van der Waals surface area contributed by atoms with Crippen molar-refractivity contribution in [2.75, 3.05) is 0 Å². The lowest BCUT2D eigenvalue weighted by molar-refractivity contribution is -0.115. The summed E-state index contributed by atoms with van der Waals surface area (Å²) in [4.78, 5) is 21.1. The Labute approximate surface area is 136 Å². The maximum absolute atomic E-state index is 11.7. The van der Waals surface area contributed by atoms with Gasteiger partial charge in [0.15, 0.2) is 0 Å². The minimum atomic E-state index is -0.179. The van der Waals surface area contributed by atoms with E-state index in [-0.39, 0.29) is 17.2 Å². The molecule has 0 unspecified atom stereocenters. The number of hydrogen-bond donors (Lipinski definition) is 1. The van der Waals surface area contributed by atoms with Crippen LogP contribution in [0.2, 0.25) is 0 Å². The zero-order chi connectivity index (χ0) is 17.8. The molecule has 126 valence electrons. The highest BCUT2D eigenvalue weighted by molar-refractivity contribution is 5.94. The number of nitrogens with one attached hydrogen (secondary N) is 1. The van der Waals surface area contributed by atoms with Crippen LogP contribution in [0.15, 0.2) is 24.3 Å². The molecule has 1 aromatic rings. The summed E-state index contributed by atoms with van der Waals surface area (Å²) in [6.07, 6.45) is 2.64. The number of carbonyl (C=O) groups excluding carboxylic acids is 2. The second-order valence-electron chi connectivity index (χ2n) is 6.48. The molecule has 1 rings (SSSR count). The molecule has 0 bridgehead atoms. The summed E-state index contributed by atoms with van der Waals surface area (Å²) < 4.78 is 0. The lowest BCUT2D eigenvalue weighted by Gasteiger charge is -2.20. The minimum Gasteiger partial charge on any atom is -0.347 e. The first kappa shape index (κ1) is 22.6. The number of aryl methyl sites for hydroxylation is 1. The Hall–Kier alpha value is -1.64. The number of unbranched alkanes of at least 4 members (excludes halogenated alkanes) is 1. The number of Topliss-reactive ketones (excluding diaryl/α,β-unsaturated/α-hetero) is 1. The third kappa shape index (κ3) is 16.4. The molecule has 0 heterocycles. The first-order valence-electron chi connectivity index (χ1n) is 7.89. The number of benzene rings is 1. The van der Waals surface area contributed by atoms with Gasteiger partial charge >= 0.3 is 0 Å². The third-order valence-electron chi connectivity index (χ3n) is 2.30. The van der Waals surface area contributed by atoms with Gasteiger partial charge in [0.05, 0.1) is 0 Å². The summed E-state index contributed by atoms with van der Waals surface area (Å²) in [5, 5.41) is 2.92. The van der Waals surface area contributed by atoms with Gasteiger partial charge in [-0.2, -0.15) is 0 Å². The summed E-state index contributed by atoms with van der Waals surface area (Å²) in [7, 11) is 0. The molecule has 1 amide bonds. The number of amides is 1. The Kier molecular flexibility index (Phi) is 12.3. The van der Waals surface area contributed by atoms with E-state index in [0.717, 1.165) is 5.56 Å². The molecule has 3 nitrogen and oxygen atoms in total. The van der Waals surface area contributed by atoms with Crippen LogP contribution >= 0.6 is 0 Å². The predicted octanol–water partition coefficient (Wildman–Crippen LogP) is 4.93. The van der Waals surface area contributed by atoms with E-state index in [4.69, 9.17) is 0 Å². The Bertz CT molecular complexity index is 422. The molecule has 0 saturated heterocycles. The molecular weight excluding hydrogens is 274 g/mol. The van der Waals surface area contributed by atoms with Crippen molar-refractivity contribution >= 4 is 11.7 Å². The molecule has 0 aliphatic heterocycles. The van der Waals surface area contributed by atoms with E-state index in [1.165, 1.54) is 26.7 Å². The average Bonchev–Trinajstić information content (AvgIpc) is 2.37. The summed E-state index contributed by atoms with van der Waals surface area (Å²) >= 11 is 0. The maximum atomic E-state index is 11.7. The molecular formula is C19H33NO2. The largest absolute Gasteiger partial charge is 0.347 e. The van der Waals surface area contributed by atoms with Gasteiger partial charge in [0, 0.05) is 11.1 Å². The smallest absolute Gasteiger partial charge is 0.251 e. The molecule has 22 heavy (non-hydrogen) atoms. The van der Waals surface area contributed by atoms with Gasteiger partial charge in [-0.1, -0.05) is 44.4 Å². The van der Waals surface area contributed by atoms with Crippen LogP contribution in [0, 0.1) is 6.92 Å². The van der Waals surface area contributed by atoms with Gasteiger partial charge in [0.2, 0.25) is 0 Å². The van der Waals surface area contributed by atoms with Crippen LogP contribution in [-0.2, 0) is 4.79 Å². The van der Waals surface area contributed by atoms with E-state index < -0.39 is 0 Å². The highest BCUT2D eigenvalue weighted by Gasteiger charge is 2.14. The maximum Gasteiger partial charge on any atom is 0.251 e. The minimum absolute atomic E-state index is 0.0162. The third-order valence-corrected chi connectivity index (χ3v) is 2.30. The van der Waals surface area contributed by atoms with Crippen molar-refractivity contribution in [3.63, 3.8) is 0 Å². The standard InChI is InChI=1S/C12H17NO.C4H10.C3H6O/c1-9-5-7-10(8-6-9)11(14)13-12(2,3)4;1-3-4-2;1-3(2)4/h5-8H,1-4H3,(H,13,14);3-4H2,1-2H3;1-2H3. The predicted molar refractivity (Wildman–Crippen MR) is 95.3 cm³/mol. The highest BCUT2D eigenvalue weighted by atomic mass is 16.1. The average molecular weight is 307 g/mol. The van der Waals surface area contributed by atoms with Crippen LogP contribution in [0.3, 0.4) is 0 Å². The van der Waals surface area contributed by atoms with Crippen molar-refractivity contribution in [3.05, 3.63) is 35.4 Å². The van der Waals surface area contributed by atoms with Gasteiger partial charge in [0.25, 0.3) is 5.91 Å². The zero-order valence-corrected chi connectivity index (χ0v) is 15.5. The molecule has 0 aromatic heterocycles. The fourth-order valence-electron chi connectivity index (χ4n) is 1.12. The normalized spacial score (nSPS) is 9.64. The summed E-state index contributed by atoms with van der Waals surface area (Å²) in [6.45, 7) is 15.3. The molecule has 3 heteroatoms. The van der Waals surface area contributed by atoms with E-state index in [1.54, 1.807) is 0 Å². The molecule has 0 saturated carbocycles. The van der Waals surface area contributed by atoms with E-state index in [1.807, 2.05) is 52.0 Å². The van der Waals surface area contributed by atoms with Crippen LogP contribution in [0.1, 0.15) is 77.2 Å². The van der Waals surface area contributed by atoms with Crippen LogP contribution in [0.25, 0.3) is 0 Å². The molecule has 0 spiro atoms. The molecule has 1 N–H and O–H groups in total. The van der Waals surface area contributed by atoms with Crippen LogP contribution in [0.5, 0.6) is 0 Å². The molecule has 0 fully saturated rings. The van der Waals surface area contributed by atoms with Crippen molar-refractivity contribution in [2.24, 2.45) is 0 Å². The number of ketones is 1. The summed E-state index contributed by atoms with van der Waals surface area (Å²) in [5.74, 6) is 0.150. The van der Waals surface area contributed by atoms with Gasteiger partial charge in [-0.25, -0.2) is 0 Å². The Morgan fingerprint density at radius 2 is 1.32 bits per heavy atom. The fraction of sp³-hybridized carbons (Fsp3) is 0.579. The molecule has 1 aromatic carbocycles. The summed E-state index contributed by atoms with van der Waals surface area (Å²) in [5.41, 5.74) is 1.70. The van der Waals surface area contributed by atoms with Crippen molar-refractivity contribution in [1.29, 1.82) is 0 Å². The van der Waals surface area contributed by atoms with E-state index in [0.29, 0.717) is 5.56 Å². The van der Waals surface area contributed by atoms with Crippen molar-refractivity contribution in [3.8, 4) is 0 Å². The number of carbonyl (C=O) groups is 2. The van der Waals surface area contributed by atoms with E-state index in [2.05, 4.69) is 19.2 Å². The van der Waals surface area contributed by atoms with Crippen molar-refractivity contribution in [1.82, 2.24) is 5.32 Å². The van der Waals surface area contributed by atoms with Crippen LogP contribution in [0.4, 0.5) is 0 Å². The second-order valence-corrected chi connectivity index (χ2v) is 6.48. The van der Waals surface area contributed by atoms with Gasteiger partial charge in [-0.3, -0.25) is 4.79 Å². The summed E-state index contributed by atoms with van der Waals surface area (Å²) in [6, 6.07) is 7.57. The molecule has 0 radical (unpaired) electrons. The van der Waals surface area contributed by atoms with E-state index >= 15 is 0 Å². The van der Waals surface area contributed by atoms with E-state index in [9.17, 15) is 9.59 Å². The first-order valence-corrected chi connectivity index (χ1v) is 7.89. The first-order chi connectivity index (χ1) is 10.0. The quantitative estimate of drug-likeness (QED) is 0.842. The number of hydrogen-bond acceptors (Lipinski definition) is 2. The number of rotatable bonds is 2. The lowest BCUT2D eigenvalue weighted by atomic mass is 10.1. The van der Waals surface area contributed by atoms with Gasteiger partial charge in [-0.05, 0) is 53.7 Å². The monoisotopic (exact) mass is 307 g/mol. The van der Waals surface area contributed by atoms with Crippen molar-refractivity contribution in [2.45, 2.75) is 73.8 Å². The van der Waals surface area contributed by atoms with Crippen LogP contribution in [-0.4, -0.2) is 17.2 Å². The lowest BCUT2D eigenvalue weighted by Crippen LogP contribution is -2.40. The van der Waals surface area contributed by atoms with Gasteiger partial charge < -0.3 is 10.1 Å². The topological polar surface area (TPSA) is 46.2 Å². The Morgan fingerprint density at radius 3 is 1.59 bits per heavy atom. The van der Waals surface area contributed by atoms with Crippen molar-refractivity contribution < 1.29 is 9.59 Å². The second kappa shape index (κ2) is 12.0. The van der Waals surface area contributed by atoms with Crippen LogP contribution < -0.4 is 5.32 Å². The zero-order valence-electron chi connectivity index (χ0n) is 15.5. The Morgan fingerprint density at radius 1 is 0.955 bits per heavy atom. The van der Waals surface area contributed by atoms with Gasteiger partial charge in [0.1, 0.15) is 5.78 Å². The molecule has 0 atom stereocenters.